The number of fused-ring (bicyclic) bond motifs is 15. The molecule has 4 heteroatoms. The van der Waals surface area contributed by atoms with Gasteiger partial charge in [0.2, 0.25) is 0 Å². The van der Waals surface area contributed by atoms with E-state index in [1.165, 1.54) is 53.5 Å². The molecule has 4 aromatic heterocycles. The molecule has 0 radical (unpaired) electrons. The zero-order chi connectivity index (χ0) is 27.7. The van der Waals surface area contributed by atoms with E-state index in [4.69, 9.17) is 13.3 Å². The van der Waals surface area contributed by atoms with Crippen molar-refractivity contribution >= 4 is 98.8 Å². The third-order valence-electron chi connectivity index (χ3n) is 8.14. The fraction of sp³-hybridized carbons (Fsp3) is 0.167. The molecular formula is C36H30O3S. The van der Waals surface area contributed by atoms with E-state index in [-0.39, 0.29) is 0 Å². The second kappa shape index (κ2) is 9.14. The smallest absolute Gasteiger partial charge is 0.152 e. The molecule has 0 bridgehead atoms. The van der Waals surface area contributed by atoms with E-state index in [9.17, 15) is 0 Å². The largest absolute Gasteiger partial charge is 0.464 e. The number of aryl methyl sites for hydroxylation is 2. The Morgan fingerprint density at radius 2 is 0.975 bits per heavy atom. The molecular weight excluding hydrogens is 512 g/mol. The standard InChI is InChI=1S/C34H24O3S.C2H6/c1-5-7-19-17(3)32-22(10-14-36-32)28-25(19)27-21-9-13-35-31(21)18(4)20(8-6-2)26(27)29-23-11-15-37-33(23)34-24(30(28)29)12-16-38-34;1-2/h5-16H,1-4H3;1-2H3/b7-5-,8-6-;. The van der Waals surface area contributed by atoms with Gasteiger partial charge in [-0.15, -0.1) is 11.3 Å². The van der Waals surface area contributed by atoms with Crippen LogP contribution in [0.5, 0.6) is 0 Å². The third kappa shape index (κ3) is 3.00. The van der Waals surface area contributed by atoms with Crippen molar-refractivity contribution in [1.82, 2.24) is 0 Å². The van der Waals surface area contributed by atoms with Crippen LogP contribution in [-0.2, 0) is 0 Å². The highest BCUT2D eigenvalue weighted by atomic mass is 32.1. The minimum absolute atomic E-state index is 0.933. The van der Waals surface area contributed by atoms with Crippen molar-refractivity contribution < 1.29 is 13.3 Å². The number of hydrogen-bond acceptors (Lipinski definition) is 4. The first-order valence-electron chi connectivity index (χ1n) is 13.9. The summed E-state index contributed by atoms with van der Waals surface area (Å²) >= 11 is 1.74. The van der Waals surface area contributed by atoms with E-state index >= 15 is 0 Å². The molecule has 8 aromatic rings. The number of furan rings is 3. The van der Waals surface area contributed by atoms with Crippen molar-refractivity contribution in [2.45, 2.75) is 41.5 Å². The normalized spacial score (nSPS) is 12.6. The van der Waals surface area contributed by atoms with Gasteiger partial charge in [0.15, 0.2) is 5.58 Å². The van der Waals surface area contributed by atoms with Crippen molar-refractivity contribution in [3.05, 3.63) is 82.8 Å². The third-order valence-corrected chi connectivity index (χ3v) is 9.05. The Bertz CT molecular complexity index is 2270. The zero-order valence-corrected chi connectivity index (χ0v) is 24.4. The lowest BCUT2D eigenvalue weighted by Crippen LogP contribution is -1.95. The van der Waals surface area contributed by atoms with E-state index < -0.39 is 0 Å². The van der Waals surface area contributed by atoms with Gasteiger partial charge in [0.1, 0.15) is 11.2 Å². The predicted octanol–water partition coefficient (Wildman–Crippen LogP) is 12.3. The topological polar surface area (TPSA) is 39.4 Å². The predicted molar refractivity (Wildman–Crippen MR) is 174 cm³/mol. The Hall–Kier alpha value is -4.28. The second-order valence-corrected chi connectivity index (χ2v) is 10.9. The monoisotopic (exact) mass is 542 g/mol. The molecule has 4 heterocycles. The molecule has 8 rings (SSSR count). The molecule has 0 aliphatic carbocycles. The van der Waals surface area contributed by atoms with Gasteiger partial charge in [-0.3, -0.25) is 0 Å². The maximum Gasteiger partial charge on any atom is 0.152 e. The van der Waals surface area contributed by atoms with E-state index in [1.807, 2.05) is 32.6 Å². The van der Waals surface area contributed by atoms with Crippen molar-refractivity contribution in [2.24, 2.45) is 0 Å². The average molecular weight is 543 g/mol. The van der Waals surface area contributed by atoms with Gasteiger partial charge in [-0.1, -0.05) is 38.2 Å². The molecule has 0 amide bonds. The van der Waals surface area contributed by atoms with E-state index in [1.54, 1.807) is 11.3 Å². The van der Waals surface area contributed by atoms with Crippen LogP contribution in [0.3, 0.4) is 0 Å². The SMILES string of the molecule is C/C=C\c1c(C)c2occc2c2c1c1c3ccoc3c(C)c(/C=C\C)c1c1c3ccoc3c3sccc3c21.CC. The molecule has 40 heavy (non-hydrogen) atoms. The summed E-state index contributed by atoms with van der Waals surface area (Å²) in [6, 6.07) is 8.62. The van der Waals surface area contributed by atoms with Gasteiger partial charge >= 0.3 is 0 Å². The summed E-state index contributed by atoms with van der Waals surface area (Å²) in [4.78, 5) is 0. The molecule has 0 spiro atoms. The van der Waals surface area contributed by atoms with Gasteiger partial charge in [0.05, 0.1) is 23.5 Å². The molecule has 198 valence electrons. The van der Waals surface area contributed by atoms with E-state index in [2.05, 4.69) is 81.6 Å². The summed E-state index contributed by atoms with van der Waals surface area (Å²) in [7, 11) is 0. The summed E-state index contributed by atoms with van der Waals surface area (Å²) < 4.78 is 19.6. The number of rotatable bonds is 2. The Balaban J connectivity index is 0.00000130. The fourth-order valence-corrected chi connectivity index (χ4v) is 7.60. The number of allylic oxidation sites excluding steroid dienone is 2. The maximum atomic E-state index is 6.16. The van der Waals surface area contributed by atoms with Crippen LogP contribution in [0.15, 0.2) is 73.8 Å². The summed E-state index contributed by atoms with van der Waals surface area (Å²) in [6.45, 7) is 12.5. The Labute approximate surface area is 236 Å². The van der Waals surface area contributed by atoms with Crippen molar-refractivity contribution in [3.8, 4) is 0 Å². The molecule has 0 saturated heterocycles. The van der Waals surface area contributed by atoms with Crippen LogP contribution in [0, 0.1) is 13.8 Å². The molecule has 0 atom stereocenters. The van der Waals surface area contributed by atoms with Crippen LogP contribution in [0.2, 0.25) is 0 Å². The van der Waals surface area contributed by atoms with Crippen LogP contribution in [0.1, 0.15) is 49.9 Å². The van der Waals surface area contributed by atoms with E-state index in [0.29, 0.717) is 0 Å². The number of benzene rings is 4. The molecule has 0 fully saturated rings. The van der Waals surface area contributed by atoms with Crippen LogP contribution >= 0.6 is 11.3 Å². The number of hydrogen-bond donors (Lipinski definition) is 0. The lowest BCUT2D eigenvalue weighted by atomic mass is 9.82. The Morgan fingerprint density at radius 3 is 1.48 bits per heavy atom. The zero-order valence-electron chi connectivity index (χ0n) is 23.6. The molecule has 4 aromatic carbocycles. The maximum absolute atomic E-state index is 6.16. The highest BCUT2D eigenvalue weighted by Gasteiger charge is 2.26. The Kier molecular flexibility index (Phi) is 5.65. The van der Waals surface area contributed by atoms with Crippen molar-refractivity contribution in [1.29, 1.82) is 0 Å². The molecule has 0 aliphatic heterocycles. The van der Waals surface area contributed by atoms with E-state index in [0.717, 1.165) is 44.0 Å². The quantitative estimate of drug-likeness (QED) is 0.204. The molecule has 0 N–H and O–H groups in total. The first-order chi connectivity index (χ1) is 19.7. The van der Waals surface area contributed by atoms with Crippen LogP contribution < -0.4 is 0 Å². The van der Waals surface area contributed by atoms with Crippen LogP contribution in [-0.4, -0.2) is 0 Å². The minimum Gasteiger partial charge on any atom is -0.464 e. The summed E-state index contributed by atoms with van der Waals surface area (Å²) in [6.07, 6.45) is 14.2. The lowest BCUT2D eigenvalue weighted by Gasteiger charge is -2.20. The van der Waals surface area contributed by atoms with Crippen LogP contribution in [0.25, 0.3) is 87.5 Å². The first kappa shape index (κ1) is 24.7. The minimum atomic E-state index is 0.933. The first-order valence-corrected chi connectivity index (χ1v) is 14.8. The summed E-state index contributed by atoms with van der Waals surface area (Å²) in [5, 5.41) is 14.2. The lowest BCUT2D eigenvalue weighted by molar-refractivity contribution is 0.613. The highest BCUT2D eigenvalue weighted by molar-refractivity contribution is 7.18. The van der Waals surface area contributed by atoms with Gasteiger partial charge < -0.3 is 13.3 Å². The van der Waals surface area contributed by atoms with Crippen molar-refractivity contribution in [3.63, 3.8) is 0 Å². The molecule has 0 unspecified atom stereocenters. The average Bonchev–Trinajstić information content (AvgIpc) is 3.79. The fourth-order valence-electron chi connectivity index (χ4n) is 6.69. The molecule has 0 aliphatic rings. The summed E-state index contributed by atoms with van der Waals surface area (Å²) in [5.41, 5.74) is 7.48. The highest BCUT2D eigenvalue weighted by Crippen LogP contribution is 2.52. The van der Waals surface area contributed by atoms with Gasteiger partial charge in [-0.05, 0) is 79.2 Å². The molecule has 3 nitrogen and oxygen atoms in total. The van der Waals surface area contributed by atoms with Gasteiger partial charge in [0, 0.05) is 54.2 Å². The van der Waals surface area contributed by atoms with Gasteiger partial charge in [0.25, 0.3) is 0 Å². The molecule has 0 saturated carbocycles. The second-order valence-electron chi connectivity index (χ2n) is 9.98. The number of thiophene rings is 1. The van der Waals surface area contributed by atoms with Crippen LogP contribution in [0.4, 0.5) is 0 Å². The summed E-state index contributed by atoms with van der Waals surface area (Å²) in [5.74, 6) is 0. The van der Waals surface area contributed by atoms with Gasteiger partial charge in [-0.2, -0.15) is 0 Å². The van der Waals surface area contributed by atoms with Gasteiger partial charge in [-0.25, -0.2) is 0 Å². The van der Waals surface area contributed by atoms with Crippen molar-refractivity contribution in [2.75, 3.05) is 0 Å². The Morgan fingerprint density at radius 1 is 0.550 bits per heavy atom.